The number of aryl methyl sites for hydroxylation is 1. The van der Waals surface area contributed by atoms with Crippen LogP contribution in [-0.2, 0) is 27.7 Å². The fourth-order valence-corrected chi connectivity index (χ4v) is 4.80. The molecule has 7 nitrogen and oxygen atoms in total. The molecule has 0 saturated carbocycles. The number of hydrogen-bond acceptors (Lipinski definition) is 6. The van der Waals surface area contributed by atoms with Crippen LogP contribution in [0.3, 0.4) is 0 Å². The molecule has 0 amide bonds. The molecule has 1 saturated heterocycles. The topological polar surface area (TPSA) is 75.6 Å². The zero-order chi connectivity index (χ0) is 19.0. The Labute approximate surface area is 157 Å². The van der Waals surface area contributed by atoms with Crippen LogP contribution in [0.4, 0.5) is 10.3 Å². The average Bonchev–Trinajstić information content (AvgIpc) is 2.69. The highest BCUT2D eigenvalue weighted by Gasteiger charge is 2.30. The Hall–Kier alpha value is -2.10. The molecule has 0 atom stereocenters. The second-order valence-corrected chi connectivity index (χ2v) is 8.68. The predicted octanol–water partition coefficient (Wildman–Crippen LogP) is 1.51. The number of aromatic nitrogens is 2. The third-order valence-corrected chi connectivity index (χ3v) is 6.80. The van der Waals surface area contributed by atoms with Crippen LogP contribution in [0.25, 0.3) is 0 Å². The van der Waals surface area contributed by atoms with E-state index in [9.17, 15) is 12.8 Å². The van der Waals surface area contributed by atoms with Gasteiger partial charge in [0.25, 0.3) is 0 Å². The van der Waals surface area contributed by atoms with Crippen LogP contribution in [-0.4, -0.2) is 55.5 Å². The van der Waals surface area contributed by atoms with Gasteiger partial charge in [-0.15, -0.1) is 0 Å². The second kappa shape index (κ2) is 7.14. The quantitative estimate of drug-likeness (QED) is 0.788. The van der Waals surface area contributed by atoms with Gasteiger partial charge in [-0.25, -0.2) is 22.8 Å². The first kappa shape index (κ1) is 18.3. The molecule has 1 aromatic heterocycles. The van der Waals surface area contributed by atoms with Gasteiger partial charge in [-0.05, 0) is 42.7 Å². The molecule has 3 heterocycles. The molecular weight excluding hydrogens is 371 g/mol. The van der Waals surface area contributed by atoms with E-state index >= 15 is 0 Å². The summed E-state index contributed by atoms with van der Waals surface area (Å²) in [6.45, 7) is 4.79. The Balaban J connectivity index is 1.60. The van der Waals surface area contributed by atoms with E-state index in [4.69, 9.17) is 4.74 Å². The number of hydrogen-bond donors (Lipinski definition) is 0. The lowest BCUT2D eigenvalue weighted by Gasteiger charge is -2.30. The fraction of sp³-hybridized carbons (Fsp3) is 0.444. The molecule has 0 unspecified atom stereocenters. The van der Waals surface area contributed by atoms with Crippen LogP contribution < -0.4 is 4.90 Å². The van der Waals surface area contributed by atoms with Gasteiger partial charge in [-0.3, -0.25) is 0 Å². The summed E-state index contributed by atoms with van der Waals surface area (Å²) in [6, 6.07) is 3.88. The first-order valence-electron chi connectivity index (χ1n) is 8.89. The summed E-state index contributed by atoms with van der Waals surface area (Å²) < 4.78 is 46.2. The number of ether oxygens (including phenoxy) is 1. The predicted molar refractivity (Wildman–Crippen MR) is 97.5 cm³/mol. The summed E-state index contributed by atoms with van der Waals surface area (Å²) in [4.78, 5) is 11.2. The Morgan fingerprint density at radius 2 is 1.96 bits per heavy atom. The third-order valence-electron chi connectivity index (χ3n) is 4.96. The number of nitrogens with zero attached hydrogens (tertiary/aromatic N) is 4. The van der Waals surface area contributed by atoms with Gasteiger partial charge in [0.15, 0.2) is 0 Å². The Bertz CT molecular complexity index is 961. The molecule has 144 valence electrons. The van der Waals surface area contributed by atoms with Crippen molar-refractivity contribution in [2.75, 3.05) is 37.7 Å². The highest BCUT2D eigenvalue weighted by atomic mass is 32.2. The van der Waals surface area contributed by atoms with Crippen LogP contribution >= 0.6 is 0 Å². The summed E-state index contributed by atoms with van der Waals surface area (Å²) in [5.74, 6) is 0.190. The molecule has 27 heavy (non-hydrogen) atoms. The highest BCUT2D eigenvalue weighted by Crippen LogP contribution is 2.26. The van der Waals surface area contributed by atoms with Gasteiger partial charge in [0.05, 0.1) is 30.3 Å². The van der Waals surface area contributed by atoms with E-state index in [1.807, 2.05) is 4.90 Å². The number of morpholine rings is 1. The third kappa shape index (κ3) is 3.54. The smallest absolute Gasteiger partial charge is 0.243 e. The normalized spacial score (nSPS) is 18.4. The maximum Gasteiger partial charge on any atom is 0.243 e. The Morgan fingerprint density at radius 1 is 1.19 bits per heavy atom. The van der Waals surface area contributed by atoms with E-state index in [-0.39, 0.29) is 11.4 Å². The maximum absolute atomic E-state index is 13.5. The largest absolute Gasteiger partial charge is 0.378 e. The van der Waals surface area contributed by atoms with E-state index in [1.165, 1.54) is 22.5 Å². The Kier molecular flexibility index (Phi) is 4.83. The van der Waals surface area contributed by atoms with Gasteiger partial charge >= 0.3 is 0 Å². The molecule has 2 aliphatic rings. The van der Waals surface area contributed by atoms with Crippen LogP contribution in [0, 0.1) is 12.7 Å². The van der Waals surface area contributed by atoms with Crippen molar-refractivity contribution in [2.45, 2.75) is 24.8 Å². The van der Waals surface area contributed by atoms with E-state index in [0.29, 0.717) is 37.7 Å². The molecule has 0 N–H and O–H groups in total. The highest BCUT2D eigenvalue weighted by molar-refractivity contribution is 7.89. The van der Waals surface area contributed by atoms with Crippen LogP contribution in [0.1, 0.15) is 16.8 Å². The van der Waals surface area contributed by atoms with Gasteiger partial charge in [0.2, 0.25) is 16.0 Å². The van der Waals surface area contributed by atoms with Crippen molar-refractivity contribution in [1.29, 1.82) is 0 Å². The zero-order valence-electron chi connectivity index (χ0n) is 15.1. The molecule has 0 spiro atoms. The van der Waals surface area contributed by atoms with Crippen molar-refractivity contribution in [2.24, 2.45) is 0 Å². The first-order valence-corrected chi connectivity index (χ1v) is 10.3. The summed E-state index contributed by atoms with van der Waals surface area (Å²) in [5, 5.41) is 0. The van der Waals surface area contributed by atoms with Gasteiger partial charge in [0, 0.05) is 25.8 Å². The first-order chi connectivity index (χ1) is 12.9. The zero-order valence-corrected chi connectivity index (χ0v) is 15.9. The standard InChI is InChI=1S/C18H21FN4O3S/c1-13-10-15(2-3-16(13)19)27(24,25)23-5-4-14-11-20-18(21-17(14)12-23)22-6-8-26-9-7-22/h2-3,10-11H,4-9,12H2,1H3. The van der Waals surface area contributed by atoms with Crippen molar-refractivity contribution in [1.82, 2.24) is 14.3 Å². The lowest BCUT2D eigenvalue weighted by atomic mass is 10.1. The lowest BCUT2D eigenvalue weighted by molar-refractivity contribution is 0.122. The van der Waals surface area contributed by atoms with Gasteiger partial charge < -0.3 is 9.64 Å². The van der Waals surface area contributed by atoms with E-state index in [2.05, 4.69) is 9.97 Å². The molecule has 2 aliphatic heterocycles. The van der Waals surface area contributed by atoms with E-state index in [1.54, 1.807) is 13.1 Å². The molecule has 4 rings (SSSR count). The minimum atomic E-state index is -3.71. The van der Waals surface area contributed by atoms with Crippen LogP contribution in [0.2, 0.25) is 0 Å². The second-order valence-electron chi connectivity index (χ2n) is 6.74. The SMILES string of the molecule is Cc1cc(S(=O)(=O)N2CCc3cnc(N4CCOCC4)nc3C2)ccc1F. The summed E-state index contributed by atoms with van der Waals surface area (Å²) >= 11 is 0. The van der Waals surface area contributed by atoms with Crippen molar-refractivity contribution >= 4 is 16.0 Å². The molecule has 0 aliphatic carbocycles. The van der Waals surface area contributed by atoms with Crippen LogP contribution in [0.5, 0.6) is 0 Å². The number of anilines is 1. The Morgan fingerprint density at radius 3 is 2.70 bits per heavy atom. The number of benzene rings is 1. The van der Waals surface area contributed by atoms with E-state index in [0.717, 1.165) is 24.3 Å². The van der Waals surface area contributed by atoms with Crippen molar-refractivity contribution < 1.29 is 17.5 Å². The number of fused-ring (bicyclic) bond motifs is 1. The van der Waals surface area contributed by atoms with Crippen molar-refractivity contribution in [3.8, 4) is 0 Å². The fourth-order valence-electron chi connectivity index (χ4n) is 3.32. The molecule has 1 aromatic carbocycles. The number of halogens is 1. The molecule has 0 bridgehead atoms. The maximum atomic E-state index is 13.5. The minimum absolute atomic E-state index is 0.104. The summed E-state index contributed by atoms with van der Waals surface area (Å²) in [7, 11) is -3.71. The molecule has 9 heteroatoms. The van der Waals surface area contributed by atoms with Gasteiger partial charge in [-0.1, -0.05) is 0 Å². The lowest BCUT2D eigenvalue weighted by Crippen LogP contribution is -2.39. The summed E-state index contributed by atoms with van der Waals surface area (Å²) in [6.07, 6.45) is 2.34. The summed E-state index contributed by atoms with van der Waals surface area (Å²) in [5.41, 5.74) is 2.00. The van der Waals surface area contributed by atoms with Gasteiger partial charge in [0.1, 0.15) is 5.82 Å². The average molecular weight is 392 g/mol. The van der Waals surface area contributed by atoms with Crippen molar-refractivity contribution in [3.05, 3.63) is 47.0 Å². The molecule has 1 fully saturated rings. The van der Waals surface area contributed by atoms with E-state index < -0.39 is 15.8 Å². The van der Waals surface area contributed by atoms with Crippen LogP contribution in [0.15, 0.2) is 29.3 Å². The number of sulfonamides is 1. The molecule has 0 radical (unpaired) electrons. The molecular formula is C18H21FN4O3S. The van der Waals surface area contributed by atoms with Gasteiger partial charge in [-0.2, -0.15) is 4.31 Å². The van der Waals surface area contributed by atoms with Crippen molar-refractivity contribution in [3.63, 3.8) is 0 Å². The minimum Gasteiger partial charge on any atom is -0.378 e. The number of rotatable bonds is 3. The monoisotopic (exact) mass is 392 g/mol. The molecule has 2 aromatic rings.